The van der Waals surface area contributed by atoms with Crippen LogP contribution in [0.1, 0.15) is 13.8 Å². The number of nitrogens with one attached hydrogen (secondary N) is 1. The Labute approximate surface area is 175 Å². The van der Waals surface area contributed by atoms with Gasteiger partial charge in [0.05, 0.1) is 10.6 Å². The maximum Gasteiger partial charge on any atom is 0.247 e. The molecule has 0 aliphatic carbocycles. The molecule has 0 unspecified atom stereocenters. The fraction of sp³-hybridized carbons (Fsp3) is 0.158. The highest BCUT2D eigenvalue weighted by molar-refractivity contribution is 7.93. The van der Waals surface area contributed by atoms with Crippen LogP contribution in [0.15, 0.2) is 52.7 Å². The van der Waals surface area contributed by atoms with E-state index < -0.39 is 32.1 Å². The van der Waals surface area contributed by atoms with Gasteiger partial charge < -0.3 is 5.32 Å². The largest absolute Gasteiger partial charge is 0.301 e. The van der Waals surface area contributed by atoms with Gasteiger partial charge >= 0.3 is 0 Å². The monoisotopic (exact) mass is 456 g/mol. The Morgan fingerprint density at radius 3 is 2.38 bits per heavy atom. The van der Waals surface area contributed by atoms with Gasteiger partial charge in [-0.1, -0.05) is 11.6 Å². The van der Waals surface area contributed by atoms with Gasteiger partial charge in [-0.2, -0.15) is 0 Å². The number of thiazole rings is 1. The molecule has 2 aromatic carbocycles. The van der Waals surface area contributed by atoms with Crippen LogP contribution in [-0.2, 0) is 14.6 Å². The second-order valence-electron chi connectivity index (χ2n) is 6.59. The average Bonchev–Trinajstić information content (AvgIpc) is 3.12. The van der Waals surface area contributed by atoms with Crippen molar-refractivity contribution >= 4 is 43.8 Å². The maximum atomic E-state index is 13.4. The summed E-state index contributed by atoms with van der Waals surface area (Å²) in [5.41, 5.74) is 0.649. The third kappa shape index (κ3) is 4.17. The number of nitrogens with zero attached hydrogens (tertiary/aromatic N) is 1. The predicted octanol–water partition coefficient (Wildman–Crippen LogP) is 4.93. The number of rotatable bonds is 5. The van der Waals surface area contributed by atoms with Crippen molar-refractivity contribution in [2.45, 2.75) is 23.5 Å². The molecule has 1 N–H and O–H groups in total. The van der Waals surface area contributed by atoms with Crippen molar-refractivity contribution in [1.29, 1.82) is 0 Å². The Kier molecular flexibility index (Phi) is 5.75. The van der Waals surface area contributed by atoms with Crippen LogP contribution >= 0.6 is 22.9 Å². The number of anilines is 1. The Morgan fingerprint density at radius 2 is 1.76 bits per heavy atom. The standard InChI is InChI=1S/C19H15ClF2N2O3S2/c1-19(2,29(26,27)13-6-4-12(20)5-7-13)17(25)24-18-23-16(10-28-18)11-3-8-14(21)15(22)9-11/h3-10H,1-2H3,(H,23,24,25). The summed E-state index contributed by atoms with van der Waals surface area (Å²) in [7, 11) is -4.02. The van der Waals surface area contributed by atoms with E-state index in [0.717, 1.165) is 23.5 Å². The first kappa shape index (κ1) is 21.4. The van der Waals surface area contributed by atoms with E-state index in [2.05, 4.69) is 10.3 Å². The normalized spacial score (nSPS) is 12.0. The van der Waals surface area contributed by atoms with Crippen LogP contribution in [-0.4, -0.2) is 24.1 Å². The molecule has 5 nitrogen and oxygen atoms in total. The van der Waals surface area contributed by atoms with Crippen LogP contribution in [0.4, 0.5) is 13.9 Å². The molecular formula is C19H15ClF2N2O3S2. The number of carbonyl (C=O) groups is 1. The van der Waals surface area contributed by atoms with E-state index in [9.17, 15) is 22.0 Å². The summed E-state index contributed by atoms with van der Waals surface area (Å²) in [6.07, 6.45) is 0. The molecule has 29 heavy (non-hydrogen) atoms. The van der Waals surface area contributed by atoms with Crippen molar-refractivity contribution in [2.75, 3.05) is 5.32 Å². The fourth-order valence-electron chi connectivity index (χ4n) is 2.40. The lowest BCUT2D eigenvalue weighted by atomic mass is 10.2. The van der Waals surface area contributed by atoms with Gasteiger partial charge in [-0.05, 0) is 56.3 Å². The first-order chi connectivity index (χ1) is 13.5. The van der Waals surface area contributed by atoms with E-state index in [4.69, 9.17) is 11.6 Å². The van der Waals surface area contributed by atoms with Crippen LogP contribution in [0, 0.1) is 11.6 Å². The van der Waals surface area contributed by atoms with Gasteiger partial charge in [0.2, 0.25) is 5.91 Å². The molecule has 10 heteroatoms. The van der Waals surface area contributed by atoms with Crippen molar-refractivity contribution in [3.8, 4) is 11.3 Å². The van der Waals surface area contributed by atoms with Crippen molar-refractivity contribution < 1.29 is 22.0 Å². The van der Waals surface area contributed by atoms with Gasteiger partial charge in [-0.25, -0.2) is 22.2 Å². The minimum atomic E-state index is -4.02. The first-order valence-corrected chi connectivity index (χ1v) is 11.0. The summed E-state index contributed by atoms with van der Waals surface area (Å²) in [5.74, 6) is -2.78. The molecule has 1 aromatic heterocycles. The minimum absolute atomic E-state index is 0.0383. The number of halogens is 3. The topological polar surface area (TPSA) is 76.1 Å². The number of sulfone groups is 1. The van der Waals surface area contributed by atoms with E-state index in [1.54, 1.807) is 5.38 Å². The quantitative estimate of drug-likeness (QED) is 0.590. The van der Waals surface area contributed by atoms with Gasteiger partial charge in [0.25, 0.3) is 0 Å². The lowest BCUT2D eigenvalue weighted by molar-refractivity contribution is -0.117. The molecule has 1 heterocycles. The van der Waals surface area contributed by atoms with Crippen LogP contribution in [0.3, 0.4) is 0 Å². The number of benzene rings is 2. The molecule has 0 saturated carbocycles. The van der Waals surface area contributed by atoms with Crippen molar-refractivity contribution in [1.82, 2.24) is 4.98 Å². The van der Waals surface area contributed by atoms with Crippen LogP contribution in [0.5, 0.6) is 0 Å². The van der Waals surface area contributed by atoms with E-state index in [-0.39, 0.29) is 10.0 Å². The van der Waals surface area contributed by atoms with E-state index >= 15 is 0 Å². The maximum absolute atomic E-state index is 13.4. The van der Waals surface area contributed by atoms with Gasteiger partial charge in [-0.15, -0.1) is 11.3 Å². The summed E-state index contributed by atoms with van der Waals surface area (Å²) in [4.78, 5) is 16.8. The SMILES string of the molecule is CC(C)(C(=O)Nc1nc(-c2ccc(F)c(F)c2)cs1)S(=O)(=O)c1ccc(Cl)cc1. The third-order valence-corrected chi connectivity index (χ3v) is 7.71. The number of hydrogen-bond acceptors (Lipinski definition) is 5. The molecule has 0 saturated heterocycles. The molecule has 152 valence electrons. The molecule has 0 aliphatic heterocycles. The predicted molar refractivity (Wildman–Crippen MR) is 109 cm³/mol. The van der Waals surface area contributed by atoms with Crippen LogP contribution < -0.4 is 5.32 Å². The Balaban J connectivity index is 1.83. The third-order valence-electron chi connectivity index (χ3n) is 4.28. The van der Waals surface area contributed by atoms with E-state index in [1.165, 1.54) is 44.2 Å². The van der Waals surface area contributed by atoms with Crippen LogP contribution in [0.25, 0.3) is 11.3 Å². The van der Waals surface area contributed by atoms with Gasteiger partial charge in [0.15, 0.2) is 26.6 Å². The summed E-state index contributed by atoms with van der Waals surface area (Å²) < 4.78 is 50.5. The summed E-state index contributed by atoms with van der Waals surface area (Å²) >= 11 is 6.83. The molecule has 0 spiro atoms. The molecule has 0 radical (unpaired) electrons. The highest BCUT2D eigenvalue weighted by atomic mass is 35.5. The van der Waals surface area contributed by atoms with Crippen LogP contribution in [0.2, 0.25) is 5.02 Å². The minimum Gasteiger partial charge on any atom is -0.301 e. The molecule has 1 amide bonds. The van der Waals surface area contributed by atoms with Gasteiger partial charge in [0, 0.05) is 16.0 Å². The number of amides is 1. The number of carbonyl (C=O) groups excluding carboxylic acids is 1. The molecule has 0 bridgehead atoms. The summed E-state index contributed by atoms with van der Waals surface area (Å²) in [6, 6.07) is 8.84. The highest BCUT2D eigenvalue weighted by Gasteiger charge is 2.43. The zero-order chi connectivity index (χ0) is 21.4. The van der Waals surface area contributed by atoms with Gasteiger partial charge in [-0.3, -0.25) is 4.79 Å². The molecular weight excluding hydrogens is 442 g/mol. The van der Waals surface area contributed by atoms with E-state index in [0.29, 0.717) is 16.3 Å². The van der Waals surface area contributed by atoms with Crippen molar-refractivity contribution in [3.05, 3.63) is 64.5 Å². The summed E-state index contributed by atoms with van der Waals surface area (Å²) in [5, 5.41) is 4.53. The average molecular weight is 457 g/mol. The zero-order valence-corrected chi connectivity index (χ0v) is 17.6. The first-order valence-electron chi connectivity index (χ1n) is 8.25. The molecule has 3 aromatic rings. The van der Waals surface area contributed by atoms with Crippen molar-refractivity contribution in [3.63, 3.8) is 0 Å². The second-order valence-corrected chi connectivity index (χ2v) is 10.4. The highest BCUT2D eigenvalue weighted by Crippen LogP contribution is 2.30. The lowest BCUT2D eigenvalue weighted by Crippen LogP contribution is -2.44. The van der Waals surface area contributed by atoms with Crippen molar-refractivity contribution in [2.24, 2.45) is 0 Å². The van der Waals surface area contributed by atoms with E-state index in [1.807, 2.05) is 0 Å². The Bertz CT molecular complexity index is 1180. The summed E-state index contributed by atoms with van der Waals surface area (Å²) in [6.45, 7) is 2.58. The fourth-order valence-corrected chi connectivity index (χ4v) is 4.62. The Hall–Kier alpha value is -2.36. The van der Waals surface area contributed by atoms with Gasteiger partial charge in [0.1, 0.15) is 4.75 Å². The number of aromatic nitrogens is 1. The lowest BCUT2D eigenvalue weighted by Gasteiger charge is -2.23. The number of hydrogen-bond donors (Lipinski definition) is 1. The molecule has 0 aliphatic rings. The Morgan fingerprint density at radius 1 is 1.10 bits per heavy atom. The molecule has 0 fully saturated rings. The molecule has 0 atom stereocenters. The zero-order valence-electron chi connectivity index (χ0n) is 15.2. The molecule has 3 rings (SSSR count). The second kappa shape index (κ2) is 7.81. The smallest absolute Gasteiger partial charge is 0.247 e.